The number of hydrogen-bond acceptors (Lipinski definition) is 1. The Morgan fingerprint density at radius 3 is 1.90 bits per heavy atom. The van der Waals surface area contributed by atoms with E-state index in [0.717, 1.165) is 0 Å². The van der Waals surface area contributed by atoms with Gasteiger partial charge in [0.25, 0.3) is 0 Å². The van der Waals surface area contributed by atoms with E-state index in [0.29, 0.717) is 0 Å². The molecule has 0 aliphatic rings. The largest absolute Gasteiger partial charge is 0.478 e. The molecule has 0 spiro atoms. The van der Waals surface area contributed by atoms with Crippen molar-refractivity contribution in [1.82, 2.24) is 0 Å². The summed E-state index contributed by atoms with van der Waals surface area (Å²) in [5.74, 6) is -4.57. The monoisotopic (exact) mass is 158 g/mol. The molecule has 0 radical (unpaired) electrons. The van der Waals surface area contributed by atoms with Gasteiger partial charge in [-0.1, -0.05) is 0 Å². The van der Waals surface area contributed by atoms with Gasteiger partial charge in [0.15, 0.2) is 0 Å². The fraction of sp³-hybridized carbons (Fsp3) is 0.250. The van der Waals surface area contributed by atoms with Crippen molar-refractivity contribution in [3.63, 3.8) is 0 Å². The summed E-state index contributed by atoms with van der Waals surface area (Å²) < 4.78 is 44.8. The van der Waals surface area contributed by atoms with E-state index in [2.05, 4.69) is 0 Å². The normalized spacial score (nSPS) is 13.4. The predicted molar refractivity (Wildman–Crippen MR) is 22.9 cm³/mol. The molecule has 0 rings (SSSR count). The summed E-state index contributed by atoms with van der Waals surface area (Å²) in [5, 5.41) is 7.63. The van der Waals surface area contributed by atoms with Crippen LogP contribution < -0.4 is 0 Å². The van der Waals surface area contributed by atoms with Crippen molar-refractivity contribution in [2.45, 2.75) is 6.18 Å². The Morgan fingerprint density at radius 2 is 1.80 bits per heavy atom. The van der Waals surface area contributed by atoms with Crippen molar-refractivity contribution >= 4 is 5.97 Å². The van der Waals surface area contributed by atoms with Gasteiger partial charge in [0, 0.05) is 0 Å². The molecule has 0 saturated heterocycles. The van der Waals surface area contributed by atoms with Gasteiger partial charge < -0.3 is 5.11 Å². The third-order valence-corrected chi connectivity index (χ3v) is 0.521. The van der Waals surface area contributed by atoms with Gasteiger partial charge in [-0.3, -0.25) is 0 Å². The molecule has 0 unspecified atom stereocenters. The summed E-state index contributed by atoms with van der Waals surface area (Å²) in [5.41, 5.74) is 0. The highest BCUT2D eigenvalue weighted by atomic mass is 19.4. The molecule has 0 aliphatic heterocycles. The predicted octanol–water partition coefficient (Wildman–Crippen LogP) is 1.49. The quantitative estimate of drug-likeness (QED) is 0.463. The first kappa shape index (κ1) is 8.93. The molecule has 0 aromatic carbocycles. The van der Waals surface area contributed by atoms with E-state index >= 15 is 0 Å². The lowest BCUT2D eigenvalue weighted by Gasteiger charge is -1.99. The average Bonchev–Trinajstić information content (AvgIpc) is 1.60. The summed E-state index contributed by atoms with van der Waals surface area (Å²) in [6, 6.07) is 0. The van der Waals surface area contributed by atoms with Crippen LogP contribution in [-0.2, 0) is 4.79 Å². The van der Waals surface area contributed by atoms with Crippen LogP contribution in [0.3, 0.4) is 0 Å². The lowest BCUT2D eigenvalue weighted by atomic mass is 10.4. The maximum Gasteiger partial charge on any atom is 0.443 e. The molecule has 6 heteroatoms. The lowest BCUT2D eigenvalue weighted by Crippen LogP contribution is -2.09. The van der Waals surface area contributed by atoms with E-state index in [1.165, 1.54) is 0 Å². The van der Waals surface area contributed by atoms with Crippen LogP contribution in [-0.4, -0.2) is 17.3 Å². The number of rotatable bonds is 1. The summed E-state index contributed by atoms with van der Waals surface area (Å²) in [7, 11) is 0. The van der Waals surface area contributed by atoms with Crippen LogP contribution in [0.5, 0.6) is 0 Å². The van der Waals surface area contributed by atoms with E-state index in [-0.39, 0.29) is 0 Å². The zero-order valence-electron chi connectivity index (χ0n) is 4.44. The lowest BCUT2D eigenvalue weighted by molar-refractivity contribution is -0.133. The minimum absolute atomic E-state index is 0.542. The topological polar surface area (TPSA) is 37.3 Å². The average molecular weight is 158 g/mol. The van der Waals surface area contributed by atoms with Crippen molar-refractivity contribution in [1.29, 1.82) is 0 Å². The van der Waals surface area contributed by atoms with Gasteiger partial charge in [-0.05, 0) is 0 Å². The number of carboxylic acids is 1. The number of hydrogen-bond donors (Lipinski definition) is 1. The standard InChI is InChI=1S/C4H2F4O2/c5-2(1-3(9)10)4(6,7)8/h1H,(H,9,10). The van der Waals surface area contributed by atoms with Crippen molar-refractivity contribution in [2.24, 2.45) is 0 Å². The Morgan fingerprint density at radius 1 is 1.40 bits per heavy atom. The molecule has 0 aromatic rings. The first-order chi connectivity index (χ1) is 4.34. The molecule has 1 N–H and O–H groups in total. The van der Waals surface area contributed by atoms with Crippen LogP contribution >= 0.6 is 0 Å². The van der Waals surface area contributed by atoms with Crippen LogP contribution in [0, 0.1) is 0 Å². The number of halogens is 4. The molecule has 0 fully saturated rings. The third kappa shape index (κ3) is 3.06. The molecular weight excluding hydrogens is 156 g/mol. The SMILES string of the molecule is O=C(O)C=C(F)C(F)(F)F. The van der Waals surface area contributed by atoms with Crippen LogP contribution in [0.2, 0.25) is 0 Å². The number of aliphatic carboxylic acids is 1. The van der Waals surface area contributed by atoms with Crippen LogP contribution in [0.25, 0.3) is 0 Å². The van der Waals surface area contributed by atoms with Crippen molar-refractivity contribution in [3.05, 3.63) is 11.9 Å². The van der Waals surface area contributed by atoms with E-state index < -0.39 is 24.0 Å². The highest BCUT2D eigenvalue weighted by Crippen LogP contribution is 2.25. The molecule has 0 aromatic heterocycles. The molecular formula is C4H2F4O2. The van der Waals surface area contributed by atoms with Gasteiger partial charge in [0.1, 0.15) is 0 Å². The van der Waals surface area contributed by atoms with Crippen molar-refractivity contribution in [3.8, 4) is 0 Å². The first-order valence-corrected chi connectivity index (χ1v) is 2.01. The van der Waals surface area contributed by atoms with E-state index in [4.69, 9.17) is 5.11 Å². The van der Waals surface area contributed by atoms with E-state index in [1.807, 2.05) is 0 Å². The molecule has 0 atom stereocenters. The zero-order valence-corrected chi connectivity index (χ0v) is 4.44. The molecule has 0 saturated carbocycles. The van der Waals surface area contributed by atoms with E-state index in [9.17, 15) is 22.4 Å². The van der Waals surface area contributed by atoms with Crippen molar-refractivity contribution in [2.75, 3.05) is 0 Å². The summed E-state index contributed by atoms with van der Waals surface area (Å²) >= 11 is 0. The highest BCUT2D eigenvalue weighted by Gasteiger charge is 2.35. The molecule has 0 amide bonds. The van der Waals surface area contributed by atoms with Gasteiger partial charge in [-0.2, -0.15) is 13.2 Å². The summed E-state index contributed by atoms with van der Waals surface area (Å²) in [6.07, 6.45) is -5.74. The Balaban J connectivity index is 4.35. The van der Waals surface area contributed by atoms with E-state index in [1.54, 1.807) is 0 Å². The molecule has 0 bridgehead atoms. The van der Waals surface area contributed by atoms with Gasteiger partial charge in [0.05, 0.1) is 6.08 Å². The maximum absolute atomic E-state index is 11.5. The minimum atomic E-state index is -5.20. The second kappa shape index (κ2) is 2.68. The van der Waals surface area contributed by atoms with Gasteiger partial charge in [-0.15, -0.1) is 0 Å². The van der Waals surface area contributed by atoms with Gasteiger partial charge in [-0.25, -0.2) is 9.18 Å². The fourth-order valence-corrected chi connectivity index (χ4v) is 0.190. The highest BCUT2D eigenvalue weighted by molar-refractivity contribution is 5.80. The number of carbonyl (C=O) groups is 1. The van der Waals surface area contributed by atoms with Crippen LogP contribution in [0.1, 0.15) is 0 Å². The Kier molecular flexibility index (Phi) is 2.39. The Labute approximate surface area is 52.8 Å². The summed E-state index contributed by atoms with van der Waals surface area (Å²) in [4.78, 5) is 9.44. The second-order valence-electron chi connectivity index (χ2n) is 1.33. The second-order valence-corrected chi connectivity index (χ2v) is 1.33. The zero-order chi connectivity index (χ0) is 8.36. The molecule has 2 nitrogen and oxygen atoms in total. The smallest absolute Gasteiger partial charge is 0.443 e. The Hall–Kier alpha value is -1.07. The van der Waals surface area contributed by atoms with Crippen LogP contribution in [0.4, 0.5) is 17.6 Å². The first-order valence-electron chi connectivity index (χ1n) is 2.01. The molecule has 0 heterocycles. The molecule has 10 heavy (non-hydrogen) atoms. The minimum Gasteiger partial charge on any atom is -0.478 e. The Bertz CT molecular complexity index is 169. The fourth-order valence-electron chi connectivity index (χ4n) is 0.190. The third-order valence-electron chi connectivity index (χ3n) is 0.521. The number of carboxylic acid groups (broad SMARTS) is 1. The van der Waals surface area contributed by atoms with Gasteiger partial charge >= 0.3 is 12.1 Å². The maximum atomic E-state index is 11.5. The summed E-state index contributed by atoms with van der Waals surface area (Å²) in [6.45, 7) is 0. The van der Waals surface area contributed by atoms with Gasteiger partial charge in [0.2, 0.25) is 5.83 Å². The van der Waals surface area contributed by atoms with Crippen molar-refractivity contribution < 1.29 is 27.5 Å². The molecule has 58 valence electrons. The number of allylic oxidation sites excluding steroid dienone is 1. The van der Waals surface area contributed by atoms with Crippen LogP contribution in [0.15, 0.2) is 11.9 Å². The molecule has 0 aliphatic carbocycles. The number of alkyl halides is 3.